The van der Waals surface area contributed by atoms with E-state index in [4.69, 9.17) is 0 Å². The Morgan fingerprint density at radius 1 is 1.05 bits per heavy atom. The van der Waals surface area contributed by atoms with Gasteiger partial charge in [-0.1, -0.05) is 0 Å². The molecule has 0 bridgehead atoms. The van der Waals surface area contributed by atoms with Crippen LogP contribution in [0, 0.1) is 0 Å². The normalized spacial score (nSPS) is 18.0. The van der Waals surface area contributed by atoms with Crippen LogP contribution in [-0.2, 0) is 10.0 Å². The Balaban J connectivity index is 1.27. The summed E-state index contributed by atoms with van der Waals surface area (Å²) in [6.45, 7) is -0.903. The van der Waals surface area contributed by atoms with Crippen molar-refractivity contribution < 1.29 is 17.2 Å². The molecule has 2 aliphatic rings. The Morgan fingerprint density at radius 2 is 1.93 bits per heavy atom. The van der Waals surface area contributed by atoms with Crippen LogP contribution in [0.4, 0.5) is 26.1 Å². The second kappa shape index (κ2) is 10.9. The number of aromatic nitrogens is 7. The molecule has 5 heterocycles. The first-order valence-electron chi connectivity index (χ1n) is 13.1. The summed E-state index contributed by atoms with van der Waals surface area (Å²) in [6, 6.07) is 5.20. The van der Waals surface area contributed by atoms with Crippen molar-refractivity contribution in [3.8, 4) is 22.6 Å². The molecular formula is C25H28F2N10O2S. The predicted molar refractivity (Wildman–Crippen MR) is 145 cm³/mol. The number of halogens is 2. The van der Waals surface area contributed by atoms with Gasteiger partial charge in [0.15, 0.2) is 5.82 Å². The van der Waals surface area contributed by atoms with Crippen molar-refractivity contribution in [1.29, 1.82) is 0 Å². The average Bonchev–Trinajstić information content (AvgIpc) is 3.57. The first kappa shape index (κ1) is 26.3. The number of nitrogens with one attached hydrogen (secondary N) is 3. The molecule has 1 saturated carbocycles. The lowest BCUT2D eigenvalue weighted by molar-refractivity contribution is 0.0568. The quantitative estimate of drug-likeness (QED) is 0.273. The van der Waals surface area contributed by atoms with Gasteiger partial charge in [0, 0.05) is 41.9 Å². The van der Waals surface area contributed by atoms with Crippen molar-refractivity contribution in [2.45, 2.75) is 49.9 Å². The topological polar surface area (TPSA) is 145 Å². The maximum absolute atomic E-state index is 13.2. The molecule has 0 aromatic carbocycles. The van der Waals surface area contributed by atoms with Crippen LogP contribution in [0.15, 0.2) is 49.2 Å². The van der Waals surface area contributed by atoms with E-state index in [1.807, 2.05) is 0 Å². The minimum absolute atomic E-state index is 0.190. The Morgan fingerprint density at radius 3 is 2.73 bits per heavy atom. The highest BCUT2D eigenvalue weighted by atomic mass is 32.2. The monoisotopic (exact) mass is 570 g/mol. The highest BCUT2D eigenvalue weighted by Gasteiger charge is 2.37. The lowest BCUT2D eigenvalue weighted by Gasteiger charge is -2.20. The van der Waals surface area contributed by atoms with E-state index < -0.39 is 16.6 Å². The van der Waals surface area contributed by atoms with Crippen molar-refractivity contribution in [2.75, 3.05) is 23.7 Å². The lowest BCUT2D eigenvalue weighted by Crippen LogP contribution is -2.22. The Hall–Kier alpha value is -3.98. The molecule has 4 aromatic rings. The molecule has 6 rings (SSSR count). The van der Waals surface area contributed by atoms with Crippen molar-refractivity contribution >= 4 is 27.3 Å². The van der Waals surface area contributed by atoms with Gasteiger partial charge in [-0.25, -0.2) is 28.1 Å². The zero-order chi connectivity index (χ0) is 27.7. The summed E-state index contributed by atoms with van der Waals surface area (Å²) < 4.78 is 52.9. The predicted octanol–water partition coefficient (Wildman–Crippen LogP) is 3.63. The lowest BCUT2D eigenvalue weighted by atomic mass is 10.1. The largest absolute Gasteiger partial charge is 0.382 e. The van der Waals surface area contributed by atoms with E-state index in [-0.39, 0.29) is 11.3 Å². The molecule has 3 N–H and O–H groups in total. The number of hydrogen-bond donors (Lipinski definition) is 3. The second-order valence-corrected chi connectivity index (χ2v) is 11.9. The van der Waals surface area contributed by atoms with Crippen LogP contribution in [-0.4, -0.2) is 66.7 Å². The van der Waals surface area contributed by atoms with Gasteiger partial charge in [-0.05, 0) is 57.3 Å². The molecule has 0 radical (unpaired) electrons. The summed E-state index contributed by atoms with van der Waals surface area (Å²) in [7, 11) is -3.50. The van der Waals surface area contributed by atoms with Crippen LogP contribution in [0.5, 0.6) is 0 Å². The SMILES string of the molecule is O=S(=O)(C1CC1)n1cc(-c2nccc(Nc3cc(NC4CCCNCC4)c(-c4ccn(C(F)F)n4)cn3)n2)cn1. The Labute approximate surface area is 229 Å². The van der Waals surface area contributed by atoms with Crippen LogP contribution in [0.2, 0.25) is 0 Å². The third kappa shape index (κ3) is 5.65. The van der Waals surface area contributed by atoms with Gasteiger partial charge in [-0.3, -0.25) is 0 Å². The van der Waals surface area contributed by atoms with Crippen molar-refractivity contribution in [3.05, 3.63) is 49.2 Å². The van der Waals surface area contributed by atoms with Crippen LogP contribution in [0.1, 0.15) is 38.7 Å². The van der Waals surface area contributed by atoms with Crippen molar-refractivity contribution in [2.24, 2.45) is 0 Å². The summed E-state index contributed by atoms with van der Waals surface area (Å²) in [4.78, 5) is 13.3. The van der Waals surface area contributed by atoms with Gasteiger partial charge in [0.1, 0.15) is 11.6 Å². The van der Waals surface area contributed by atoms with E-state index in [2.05, 4.69) is 41.1 Å². The highest BCUT2D eigenvalue weighted by Crippen LogP contribution is 2.32. The highest BCUT2D eigenvalue weighted by molar-refractivity contribution is 7.90. The summed E-state index contributed by atoms with van der Waals surface area (Å²) in [5.74, 6) is 1.22. The fourth-order valence-electron chi connectivity index (χ4n) is 4.60. The Kier molecular flexibility index (Phi) is 7.14. The molecule has 1 aliphatic carbocycles. The van der Waals surface area contributed by atoms with E-state index in [9.17, 15) is 17.2 Å². The summed E-state index contributed by atoms with van der Waals surface area (Å²) in [6.07, 6.45) is 11.4. The number of anilines is 3. The molecular weight excluding hydrogens is 542 g/mol. The first-order chi connectivity index (χ1) is 19.4. The molecule has 0 amide bonds. The molecule has 1 aliphatic heterocycles. The van der Waals surface area contributed by atoms with Crippen LogP contribution in [0.25, 0.3) is 22.6 Å². The molecule has 12 nitrogen and oxygen atoms in total. The van der Waals surface area contributed by atoms with E-state index in [0.29, 0.717) is 57.5 Å². The molecule has 4 aromatic heterocycles. The zero-order valence-electron chi connectivity index (χ0n) is 21.4. The smallest absolute Gasteiger partial charge is 0.333 e. The van der Waals surface area contributed by atoms with E-state index in [1.54, 1.807) is 24.5 Å². The average molecular weight is 571 g/mol. The third-order valence-corrected chi connectivity index (χ3v) is 8.90. The van der Waals surface area contributed by atoms with Gasteiger partial charge < -0.3 is 16.0 Å². The van der Waals surface area contributed by atoms with E-state index in [1.165, 1.54) is 24.7 Å². The van der Waals surface area contributed by atoms with Crippen LogP contribution < -0.4 is 16.0 Å². The number of pyridine rings is 1. The van der Waals surface area contributed by atoms with Gasteiger partial charge >= 0.3 is 6.55 Å². The molecule has 15 heteroatoms. The summed E-state index contributed by atoms with van der Waals surface area (Å²) >= 11 is 0. The third-order valence-electron chi connectivity index (χ3n) is 6.86. The standard InChI is InChI=1S/C25H28F2N10O2S/c26-25(27)36-11-7-20(35-36)19-14-30-23(12-21(19)32-17-2-1-8-28-9-5-17)33-22-6-10-29-24(34-22)16-13-31-37(15-16)40(38,39)18-3-4-18/h6-7,10-15,17-18,25,28H,1-5,8-9H2,(H2,29,30,32,33,34). The molecule has 1 atom stereocenters. The van der Waals surface area contributed by atoms with E-state index >= 15 is 0 Å². The van der Waals surface area contributed by atoms with Crippen LogP contribution in [0.3, 0.4) is 0 Å². The maximum Gasteiger partial charge on any atom is 0.333 e. The first-order valence-corrected chi connectivity index (χ1v) is 14.6. The minimum Gasteiger partial charge on any atom is -0.382 e. The fourth-order valence-corrected chi connectivity index (χ4v) is 6.07. The van der Waals surface area contributed by atoms with E-state index in [0.717, 1.165) is 36.4 Å². The van der Waals surface area contributed by atoms with Gasteiger partial charge in [0.2, 0.25) is 0 Å². The van der Waals surface area contributed by atoms with Gasteiger partial charge in [0.05, 0.1) is 28.9 Å². The number of nitrogens with zero attached hydrogens (tertiary/aromatic N) is 7. The molecule has 1 saturated heterocycles. The summed E-state index contributed by atoms with van der Waals surface area (Å²) in [5, 5.41) is 17.8. The summed E-state index contributed by atoms with van der Waals surface area (Å²) in [5.41, 5.74) is 2.17. The number of hydrogen-bond acceptors (Lipinski definition) is 10. The van der Waals surface area contributed by atoms with Gasteiger partial charge in [0.25, 0.3) is 10.0 Å². The molecule has 1 unspecified atom stereocenters. The van der Waals surface area contributed by atoms with Gasteiger partial charge in [-0.15, -0.1) is 0 Å². The van der Waals surface area contributed by atoms with Crippen LogP contribution >= 0.6 is 0 Å². The van der Waals surface area contributed by atoms with Crippen molar-refractivity contribution in [1.82, 2.24) is 39.2 Å². The maximum atomic E-state index is 13.2. The van der Waals surface area contributed by atoms with Crippen molar-refractivity contribution in [3.63, 3.8) is 0 Å². The molecule has 40 heavy (non-hydrogen) atoms. The molecule has 210 valence electrons. The number of rotatable bonds is 9. The fraction of sp³-hybridized carbons (Fsp3) is 0.400. The minimum atomic E-state index is -3.50. The number of alkyl halides is 2. The molecule has 2 fully saturated rings. The molecule has 0 spiro atoms. The second-order valence-electron chi connectivity index (χ2n) is 9.83. The zero-order valence-corrected chi connectivity index (χ0v) is 22.2. The van der Waals surface area contributed by atoms with Gasteiger partial charge in [-0.2, -0.15) is 23.1 Å². The Bertz CT molecular complexity index is 1590.